The molecule has 0 aliphatic carbocycles. The van der Waals surface area contributed by atoms with Gasteiger partial charge in [-0.15, -0.1) is 0 Å². The van der Waals surface area contributed by atoms with Gasteiger partial charge in [-0.25, -0.2) is 4.99 Å². The molecule has 4 rings (SSSR count). The highest BCUT2D eigenvalue weighted by molar-refractivity contribution is 8.18. The van der Waals surface area contributed by atoms with Crippen LogP contribution in [0.25, 0.3) is 17.0 Å². The highest BCUT2D eigenvalue weighted by atomic mass is 32.2. The van der Waals surface area contributed by atoms with Gasteiger partial charge in [0.1, 0.15) is 11.4 Å². The van der Waals surface area contributed by atoms with Crippen LogP contribution in [0.15, 0.2) is 70.7 Å². The summed E-state index contributed by atoms with van der Waals surface area (Å²) in [7, 11) is 1.60. The minimum absolute atomic E-state index is 0.157. The fourth-order valence-electron chi connectivity index (χ4n) is 2.65. The van der Waals surface area contributed by atoms with Gasteiger partial charge in [-0.05, 0) is 53.7 Å². The molecule has 1 N–H and O–H groups in total. The second-order valence-electron chi connectivity index (χ2n) is 5.61. The van der Waals surface area contributed by atoms with E-state index in [-0.39, 0.29) is 5.91 Å². The number of thioether (sulfide) groups is 1. The first kappa shape index (κ1) is 16.4. The van der Waals surface area contributed by atoms with E-state index >= 15 is 0 Å². The van der Waals surface area contributed by atoms with Gasteiger partial charge in [0, 0.05) is 11.6 Å². The number of aliphatic imine (C=N–C) groups is 1. The Balaban J connectivity index is 1.62. The van der Waals surface area contributed by atoms with Crippen molar-refractivity contribution < 1.29 is 9.53 Å². The van der Waals surface area contributed by atoms with Crippen LogP contribution in [0.3, 0.4) is 0 Å². The third kappa shape index (κ3) is 3.32. The number of nitrogens with zero attached hydrogens (tertiary/aromatic N) is 2. The van der Waals surface area contributed by atoms with Crippen molar-refractivity contribution in [2.45, 2.75) is 0 Å². The molecule has 2 heterocycles. The van der Waals surface area contributed by atoms with E-state index in [0.717, 1.165) is 16.5 Å². The Labute approximate surface area is 154 Å². The number of pyridine rings is 1. The predicted octanol–water partition coefficient (Wildman–Crippen LogP) is 4.14. The number of fused-ring (bicyclic) bond motifs is 1. The Morgan fingerprint density at radius 1 is 1.15 bits per heavy atom. The first-order chi connectivity index (χ1) is 12.7. The van der Waals surface area contributed by atoms with Crippen LogP contribution in [-0.2, 0) is 4.79 Å². The van der Waals surface area contributed by atoms with Crippen LogP contribution in [0.5, 0.6) is 5.75 Å². The van der Waals surface area contributed by atoms with Gasteiger partial charge in [-0.2, -0.15) is 0 Å². The quantitative estimate of drug-likeness (QED) is 0.712. The summed E-state index contributed by atoms with van der Waals surface area (Å²) in [5.41, 5.74) is 2.55. The monoisotopic (exact) mass is 361 g/mol. The van der Waals surface area contributed by atoms with Gasteiger partial charge in [0.2, 0.25) is 0 Å². The Morgan fingerprint density at radius 3 is 2.92 bits per heavy atom. The number of hydrogen-bond donors (Lipinski definition) is 1. The number of methoxy groups -OCH3 is 1. The maximum Gasteiger partial charge on any atom is 0.264 e. The number of benzene rings is 2. The number of rotatable bonds is 3. The molecule has 128 valence electrons. The summed E-state index contributed by atoms with van der Waals surface area (Å²) in [6.45, 7) is 0. The lowest BCUT2D eigenvalue weighted by molar-refractivity contribution is -0.115. The lowest BCUT2D eigenvalue weighted by Crippen LogP contribution is -2.19. The SMILES string of the molecule is COc1ccccc1N=C1NC(=O)/C(=C\c2ccc3ncccc3c2)S1. The molecule has 0 spiro atoms. The summed E-state index contributed by atoms with van der Waals surface area (Å²) in [6.07, 6.45) is 3.62. The third-order valence-electron chi connectivity index (χ3n) is 3.88. The molecule has 0 bridgehead atoms. The van der Waals surface area contributed by atoms with Crippen molar-refractivity contribution in [2.24, 2.45) is 4.99 Å². The molecule has 1 aliphatic heterocycles. The number of amidine groups is 1. The van der Waals surface area contributed by atoms with E-state index in [2.05, 4.69) is 15.3 Å². The largest absolute Gasteiger partial charge is 0.494 e. The van der Waals surface area contributed by atoms with Crippen molar-refractivity contribution in [1.29, 1.82) is 0 Å². The number of amides is 1. The number of ether oxygens (including phenoxy) is 1. The molecule has 0 unspecified atom stereocenters. The molecule has 1 fully saturated rings. The molecule has 1 aliphatic rings. The molecule has 0 radical (unpaired) electrons. The zero-order valence-electron chi connectivity index (χ0n) is 14.0. The van der Waals surface area contributed by atoms with Crippen LogP contribution in [-0.4, -0.2) is 23.2 Å². The van der Waals surface area contributed by atoms with Crippen LogP contribution in [0, 0.1) is 0 Å². The predicted molar refractivity (Wildman–Crippen MR) is 106 cm³/mol. The van der Waals surface area contributed by atoms with Gasteiger partial charge in [0.15, 0.2) is 5.17 Å². The number of hydrogen-bond acceptors (Lipinski definition) is 5. The summed E-state index contributed by atoms with van der Waals surface area (Å²) in [5, 5.41) is 4.37. The second-order valence-corrected chi connectivity index (χ2v) is 6.64. The molecule has 1 saturated heterocycles. The average Bonchev–Trinajstić information content (AvgIpc) is 3.01. The highest BCUT2D eigenvalue weighted by Crippen LogP contribution is 2.32. The number of aromatic nitrogens is 1. The number of carbonyl (C=O) groups is 1. The normalized spacial score (nSPS) is 17.0. The Bertz CT molecular complexity index is 1060. The fraction of sp³-hybridized carbons (Fsp3) is 0.0500. The summed E-state index contributed by atoms with van der Waals surface area (Å²) >= 11 is 1.31. The van der Waals surface area contributed by atoms with Crippen molar-refractivity contribution in [3.63, 3.8) is 0 Å². The molecule has 1 aromatic heterocycles. The van der Waals surface area contributed by atoms with Crippen molar-refractivity contribution in [3.8, 4) is 5.75 Å². The third-order valence-corrected chi connectivity index (χ3v) is 4.79. The van der Waals surface area contributed by atoms with E-state index < -0.39 is 0 Å². The summed E-state index contributed by atoms with van der Waals surface area (Å²) < 4.78 is 5.30. The van der Waals surface area contributed by atoms with Crippen LogP contribution < -0.4 is 10.1 Å². The maximum absolute atomic E-state index is 12.3. The van der Waals surface area contributed by atoms with Gasteiger partial charge in [-0.3, -0.25) is 9.78 Å². The molecule has 0 atom stereocenters. The average molecular weight is 361 g/mol. The molecule has 1 amide bonds. The van der Waals surface area contributed by atoms with Gasteiger partial charge in [0.25, 0.3) is 5.91 Å². The fourth-order valence-corrected chi connectivity index (χ4v) is 3.48. The lowest BCUT2D eigenvalue weighted by Gasteiger charge is -2.03. The first-order valence-corrected chi connectivity index (χ1v) is 8.82. The molecule has 0 saturated carbocycles. The van der Waals surface area contributed by atoms with Crippen molar-refractivity contribution in [3.05, 3.63) is 71.3 Å². The van der Waals surface area contributed by atoms with Gasteiger partial charge < -0.3 is 10.1 Å². The zero-order valence-corrected chi connectivity index (χ0v) is 14.8. The van der Waals surface area contributed by atoms with Crippen LogP contribution >= 0.6 is 11.8 Å². The van der Waals surface area contributed by atoms with Crippen LogP contribution in [0.2, 0.25) is 0 Å². The van der Waals surface area contributed by atoms with E-state index in [1.807, 2.05) is 60.7 Å². The van der Waals surface area contributed by atoms with E-state index in [4.69, 9.17) is 4.74 Å². The van der Waals surface area contributed by atoms with E-state index in [1.165, 1.54) is 11.8 Å². The van der Waals surface area contributed by atoms with Crippen LogP contribution in [0.4, 0.5) is 5.69 Å². The van der Waals surface area contributed by atoms with Crippen molar-refractivity contribution in [2.75, 3.05) is 7.11 Å². The molecular weight excluding hydrogens is 346 g/mol. The summed E-state index contributed by atoms with van der Waals surface area (Å²) in [6, 6.07) is 17.2. The number of carbonyl (C=O) groups excluding carboxylic acids is 1. The number of para-hydroxylation sites is 2. The Hall–Kier alpha value is -3.12. The first-order valence-electron chi connectivity index (χ1n) is 8.00. The van der Waals surface area contributed by atoms with Gasteiger partial charge >= 0.3 is 0 Å². The van der Waals surface area contributed by atoms with E-state index in [0.29, 0.717) is 21.5 Å². The minimum Gasteiger partial charge on any atom is -0.494 e. The van der Waals surface area contributed by atoms with Gasteiger partial charge in [0.05, 0.1) is 17.5 Å². The van der Waals surface area contributed by atoms with E-state index in [9.17, 15) is 4.79 Å². The Morgan fingerprint density at radius 2 is 2.04 bits per heavy atom. The zero-order chi connectivity index (χ0) is 17.9. The molecule has 5 nitrogen and oxygen atoms in total. The minimum atomic E-state index is -0.157. The molecule has 26 heavy (non-hydrogen) atoms. The number of nitrogens with one attached hydrogen (secondary N) is 1. The molecule has 2 aromatic carbocycles. The topological polar surface area (TPSA) is 63.6 Å². The molecule has 6 heteroatoms. The Kier molecular flexibility index (Phi) is 4.41. The van der Waals surface area contributed by atoms with Crippen LogP contribution in [0.1, 0.15) is 5.56 Å². The van der Waals surface area contributed by atoms with Gasteiger partial charge in [-0.1, -0.05) is 24.3 Å². The molecular formula is C20H15N3O2S. The second kappa shape index (κ2) is 7.01. The highest BCUT2D eigenvalue weighted by Gasteiger charge is 2.24. The smallest absolute Gasteiger partial charge is 0.264 e. The summed E-state index contributed by atoms with van der Waals surface area (Å²) in [4.78, 5) is 21.7. The lowest BCUT2D eigenvalue weighted by atomic mass is 10.1. The van der Waals surface area contributed by atoms with E-state index in [1.54, 1.807) is 13.3 Å². The summed E-state index contributed by atoms with van der Waals surface area (Å²) in [5.74, 6) is 0.504. The standard InChI is InChI=1S/C20H15N3O2S/c1-25-17-7-3-2-6-16(17)22-20-23-19(24)18(26-20)12-13-8-9-15-14(11-13)5-4-10-21-15/h2-12H,1H3,(H,22,23,24)/b18-12+. The van der Waals surface area contributed by atoms with Crippen molar-refractivity contribution >= 4 is 45.5 Å². The van der Waals surface area contributed by atoms with Crippen molar-refractivity contribution in [1.82, 2.24) is 10.3 Å². The molecule has 3 aromatic rings. The maximum atomic E-state index is 12.3.